The minimum absolute atomic E-state index is 0.0582. The van der Waals surface area contributed by atoms with Gasteiger partial charge in [0, 0.05) is 26.3 Å². The summed E-state index contributed by atoms with van der Waals surface area (Å²) in [5.74, 6) is -1.81. The molecule has 0 bridgehead atoms. The van der Waals surface area contributed by atoms with Crippen molar-refractivity contribution in [1.82, 2.24) is 5.32 Å². The van der Waals surface area contributed by atoms with Gasteiger partial charge in [-0.05, 0) is 36.8 Å². The number of nitro groups is 1. The summed E-state index contributed by atoms with van der Waals surface area (Å²) in [7, 11) is 1.51. The summed E-state index contributed by atoms with van der Waals surface area (Å²) in [6.45, 7) is 2.22. The van der Waals surface area contributed by atoms with Gasteiger partial charge < -0.3 is 20.1 Å². The molecule has 0 aliphatic heterocycles. The second kappa shape index (κ2) is 10.9. The van der Waals surface area contributed by atoms with E-state index in [9.17, 15) is 24.1 Å². The molecule has 0 unspecified atom stereocenters. The van der Waals surface area contributed by atoms with Gasteiger partial charge in [-0.2, -0.15) is 0 Å². The molecule has 2 aromatic carbocycles. The third kappa shape index (κ3) is 6.52. The fourth-order valence-corrected chi connectivity index (χ4v) is 2.46. The Morgan fingerprint density at radius 3 is 2.53 bits per heavy atom. The predicted molar refractivity (Wildman–Crippen MR) is 107 cm³/mol. The highest BCUT2D eigenvalue weighted by Crippen LogP contribution is 2.26. The highest BCUT2D eigenvalue weighted by Gasteiger charge is 2.22. The van der Waals surface area contributed by atoms with Gasteiger partial charge in [0.1, 0.15) is 11.5 Å². The maximum Gasteiger partial charge on any atom is 0.339 e. The number of anilines is 1. The van der Waals surface area contributed by atoms with Gasteiger partial charge in [-0.1, -0.05) is 12.1 Å². The fourth-order valence-electron chi connectivity index (χ4n) is 2.46. The smallest absolute Gasteiger partial charge is 0.339 e. The molecule has 2 aromatic rings. The number of hydrogen-bond donors (Lipinski definition) is 2. The van der Waals surface area contributed by atoms with Crippen LogP contribution in [0.25, 0.3) is 0 Å². The van der Waals surface area contributed by atoms with Crippen LogP contribution >= 0.6 is 0 Å². The normalized spacial score (nSPS) is 11.4. The number of benzene rings is 2. The standard InChI is InChI=1S/C20H22FN3O6/c1-13(19(25)23-12-14-3-6-16(21)7-4-14)30-20(26)15-5-8-17(22-9-10-29-2)18(11-15)24(27)28/h3-8,11,13,22H,9-10,12H2,1-2H3,(H,23,25)/t13-/m0/s1. The molecule has 30 heavy (non-hydrogen) atoms. The molecule has 160 valence electrons. The van der Waals surface area contributed by atoms with Crippen LogP contribution in [-0.2, 0) is 20.8 Å². The van der Waals surface area contributed by atoms with Gasteiger partial charge in [0.15, 0.2) is 6.10 Å². The lowest BCUT2D eigenvalue weighted by molar-refractivity contribution is -0.384. The van der Waals surface area contributed by atoms with Crippen LogP contribution in [0.15, 0.2) is 42.5 Å². The number of hydrogen-bond acceptors (Lipinski definition) is 7. The molecule has 0 spiro atoms. The van der Waals surface area contributed by atoms with Crippen LogP contribution in [0.4, 0.5) is 15.8 Å². The Morgan fingerprint density at radius 1 is 1.20 bits per heavy atom. The van der Waals surface area contributed by atoms with Crippen LogP contribution < -0.4 is 10.6 Å². The number of nitrogens with zero attached hydrogens (tertiary/aromatic N) is 1. The van der Waals surface area contributed by atoms with Gasteiger partial charge in [-0.3, -0.25) is 14.9 Å². The molecule has 0 saturated carbocycles. The Hall–Kier alpha value is -3.53. The van der Waals surface area contributed by atoms with E-state index < -0.39 is 22.9 Å². The van der Waals surface area contributed by atoms with Gasteiger partial charge in [-0.25, -0.2) is 9.18 Å². The van der Waals surface area contributed by atoms with Crippen molar-refractivity contribution in [3.05, 3.63) is 69.5 Å². The van der Waals surface area contributed by atoms with Crippen molar-refractivity contribution in [3.63, 3.8) is 0 Å². The zero-order chi connectivity index (χ0) is 22.1. The number of nitrogens with one attached hydrogen (secondary N) is 2. The number of amides is 1. The van der Waals surface area contributed by atoms with Gasteiger partial charge in [0.05, 0.1) is 17.1 Å². The molecule has 10 heteroatoms. The first kappa shape index (κ1) is 22.8. The zero-order valence-electron chi connectivity index (χ0n) is 16.5. The topological polar surface area (TPSA) is 120 Å². The molecule has 2 N–H and O–H groups in total. The molecular weight excluding hydrogens is 397 g/mol. The first-order valence-corrected chi connectivity index (χ1v) is 9.06. The second-order valence-corrected chi connectivity index (χ2v) is 6.30. The van der Waals surface area contributed by atoms with Crippen molar-refractivity contribution >= 4 is 23.3 Å². The molecule has 1 amide bonds. The van der Waals surface area contributed by atoms with Crippen molar-refractivity contribution in [2.75, 3.05) is 25.6 Å². The maximum atomic E-state index is 12.9. The molecule has 0 radical (unpaired) electrons. The summed E-state index contributed by atoms with van der Waals surface area (Å²) >= 11 is 0. The van der Waals surface area contributed by atoms with E-state index in [1.54, 1.807) is 0 Å². The zero-order valence-corrected chi connectivity index (χ0v) is 16.5. The summed E-state index contributed by atoms with van der Waals surface area (Å²) in [4.78, 5) is 35.1. The molecule has 2 rings (SSSR count). The lowest BCUT2D eigenvalue weighted by atomic mass is 10.1. The molecule has 0 aromatic heterocycles. The Morgan fingerprint density at radius 2 is 1.90 bits per heavy atom. The van der Waals surface area contributed by atoms with E-state index in [2.05, 4.69) is 10.6 Å². The monoisotopic (exact) mass is 419 g/mol. The number of carbonyl (C=O) groups excluding carboxylic acids is 2. The van der Waals surface area contributed by atoms with Crippen molar-refractivity contribution in [3.8, 4) is 0 Å². The van der Waals surface area contributed by atoms with Gasteiger partial charge >= 0.3 is 5.97 Å². The van der Waals surface area contributed by atoms with Crippen LogP contribution in [0, 0.1) is 15.9 Å². The van der Waals surface area contributed by atoms with Gasteiger partial charge in [0.25, 0.3) is 11.6 Å². The van der Waals surface area contributed by atoms with E-state index in [1.165, 1.54) is 50.4 Å². The van der Waals surface area contributed by atoms with Crippen LogP contribution in [0.3, 0.4) is 0 Å². The first-order valence-electron chi connectivity index (χ1n) is 9.06. The van der Waals surface area contributed by atoms with Gasteiger partial charge in [0.2, 0.25) is 0 Å². The number of esters is 1. The average Bonchev–Trinajstić information content (AvgIpc) is 2.73. The van der Waals surface area contributed by atoms with Crippen LogP contribution in [0.5, 0.6) is 0 Å². The molecule has 0 aliphatic rings. The highest BCUT2D eigenvalue weighted by molar-refractivity contribution is 5.93. The Labute approximate surface area is 172 Å². The lowest BCUT2D eigenvalue weighted by Crippen LogP contribution is -2.35. The Kier molecular flexibility index (Phi) is 8.24. The number of carbonyl (C=O) groups is 2. The summed E-state index contributed by atoms with van der Waals surface area (Å²) in [6.07, 6.45) is -1.13. The number of ether oxygens (including phenoxy) is 2. The van der Waals surface area contributed by atoms with E-state index in [0.717, 1.165) is 6.07 Å². The molecule has 1 atom stereocenters. The first-order chi connectivity index (χ1) is 14.3. The van der Waals surface area contributed by atoms with Gasteiger partial charge in [-0.15, -0.1) is 0 Å². The van der Waals surface area contributed by atoms with Crippen molar-refractivity contribution in [2.45, 2.75) is 19.6 Å². The Balaban J connectivity index is 1.97. The van der Waals surface area contributed by atoms with Crippen molar-refractivity contribution < 1.29 is 28.4 Å². The summed E-state index contributed by atoms with van der Waals surface area (Å²) in [5, 5.41) is 16.7. The number of rotatable bonds is 10. The molecular formula is C20H22FN3O6. The fraction of sp³-hybridized carbons (Fsp3) is 0.300. The molecule has 0 heterocycles. The largest absolute Gasteiger partial charge is 0.449 e. The quantitative estimate of drug-likeness (QED) is 0.263. The molecule has 0 aliphatic carbocycles. The van der Waals surface area contributed by atoms with E-state index in [-0.39, 0.29) is 29.3 Å². The minimum Gasteiger partial charge on any atom is -0.449 e. The average molecular weight is 419 g/mol. The summed E-state index contributed by atoms with van der Waals surface area (Å²) in [6, 6.07) is 9.43. The third-order valence-corrected chi connectivity index (χ3v) is 4.08. The SMILES string of the molecule is COCCNc1ccc(C(=O)O[C@@H](C)C(=O)NCc2ccc(F)cc2)cc1[N+](=O)[O-]. The van der Waals surface area contributed by atoms with E-state index in [0.29, 0.717) is 18.7 Å². The van der Waals surface area contributed by atoms with Crippen LogP contribution in [-0.4, -0.2) is 43.2 Å². The lowest BCUT2D eigenvalue weighted by Gasteiger charge is -2.14. The van der Waals surface area contributed by atoms with E-state index in [4.69, 9.17) is 9.47 Å². The maximum absolute atomic E-state index is 12.9. The number of methoxy groups -OCH3 is 1. The molecule has 0 fully saturated rings. The number of nitro benzene ring substituents is 1. The molecule has 9 nitrogen and oxygen atoms in total. The van der Waals surface area contributed by atoms with E-state index >= 15 is 0 Å². The third-order valence-electron chi connectivity index (χ3n) is 4.08. The second-order valence-electron chi connectivity index (χ2n) is 6.30. The predicted octanol–water partition coefficient (Wildman–Crippen LogP) is 2.65. The van der Waals surface area contributed by atoms with Crippen molar-refractivity contribution in [2.24, 2.45) is 0 Å². The van der Waals surface area contributed by atoms with E-state index in [1.807, 2.05) is 0 Å². The van der Waals surface area contributed by atoms with Crippen LogP contribution in [0.1, 0.15) is 22.8 Å². The molecule has 0 saturated heterocycles. The van der Waals surface area contributed by atoms with Crippen molar-refractivity contribution in [1.29, 1.82) is 0 Å². The summed E-state index contributed by atoms with van der Waals surface area (Å²) < 4.78 is 22.9. The number of halogens is 1. The summed E-state index contributed by atoms with van der Waals surface area (Å²) in [5.41, 5.74) is 0.556. The Bertz CT molecular complexity index is 904. The highest BCUT2D eigenvalue weighted by atomic mass is 19.1. The minimum atomic E-state index is -1.13. The van der Waals surface area contributed by atoms with Crippen LogP contribution in [0.2, 0.25) is 0 Å².